The van der Waals surface area contributed by atoms with Gasteiger partial charge in [-0.05, 0) is 25.2 Å². The molecule has 3 aliphatic rings. The van der Waals surface area contributed by atoms with Crippen LogP contribution in [0.3, 0.4) is 0 Å². The van der Waals surface area contributed by atoms with Gasteiger partial charge in [-0.2, -0.15) is 5.10 Å². The van der Waals surface area contributed by atoms with Crippen LogP contribution in [0.2, 0.25) is 0 Å². The van der Waals surface area contributed by atoms with Crippen LogP contribution in [0.5, 0.6) is 5.88 Å². The number of carbonyl (C=O) groups excluding carboxylic acids is 2. The minimum atomic E-state index is -1.44. The number of hydrogen-bond donors (Lipinski definition) is 2. The first-order valence-electron chi connectivity index (χ1n) is 15.3. The molecule has 46 heavy (non-hydrogen) atoms. The molecule has 1 aromatic heterocycles. The summed E-state index contributed by atoms with van der Waals surface area (Å²) < 4.78 is 37.9. The minimum Gasteiger partial charge on any atom is -0.477 e. The highest BCUT2D eigenvalue weighted by atomic mass is 19.1. The normalized spacial score (nSPS) is 20.1. The molecule has 1 saturated heterocycles. The number of aliphatic imine (C=N–C) groups is 1. The van der Waals surface area contributed by atoms with Gasteiger partial charge >= 0.3 is 0 Å². The number of carbonyl (C=O) groups is 2. The van der Waals surface area contributed by atoms with Crippen molar-refractivity contribution in [3.05, 3.63) is 101 Å². The molecule has 0 bridgehead atoms. The summed E-state index contributed by atoms with van der Waals surface area (Å²) in [6.45, 7) is 5.52. The molecular formula is C34H33F2N7O3. The van der Waals surface area contributed by atoms with Crippen LogP contribution in [0.1, 0.15) is 21.5 Å². The van der Waals surface area contributed by atoms with Crippen LogP contribution in [0.4, 0.5) is 14.5 Å². The van der Waals surface area contributed by atoms with Crippen LogP contribution >= 0.6 is 0 Å². The van der Waals surface area contributed by atoms with Crippen LogP contribution in [-0.4, -0.2) is 89.7 Å². The van der Waals surface area contributed by atoms with Crippen LogP contribution in [0.25, 0.3) is 11.3 Å². The highest BCUT2D eigenvalue weighted by Gasteiger charge is 2.36. The van der Waals surface area contributed by atoms with Crippen molar-refractivity contribution in [3.8, 4) is 17.1 Å². The first-order valence-corrected chi connectivity index (χ1v) is 15.3. The summed E-state index contributed by atoms with van der Waals surface area (Å²) in [5.74, 6) is -2.33. The molecule has 10 nitrogen and oxygen atoms in total. The van der Waals surface area contributed by atoms with Crippen molar-refractivity contribution in [1.29, 1.82) is 0 Å². The number of benzene rings is 3. The molecule has 2 N–H and O–H groups in total. The Hall–Kier alpha value is -4.94. The summed E-state index contributed by atoms with van der Waals surface area (Å²) in [5.41, 5.74) is 1.53. The number of aromatic nitrogens is 2. The fourth-order valence-corrected chi connectivity index (χ4v) is 6.18. The second-order valence-electron chi connectivity index (χ2n) is 11.8. The van der Waals surface area contributed by atoms with E-state index < -0.39 is 29.6 Å². The molecule has 2 atom stereocenters. The Kier molecular flexibility index (Phi) is 8.05. The van der Waals surface area contributed by atoms with E-state index in [4.69, 9.17) is 4.74 Å². The summed E-state index contributed by atoms with van der Waals surface area (Å²) in [5, 5.41) is 9.96. The fraction of sp³-hybridized carbons (Fsp3) is 0.294. The Labute approximate surface area is 264 Å². The molecule has 0 spiro atoms. The Bertz CT molecular complexity index is 1820. The molecule has 1 unspecified atom stereocenters. The molecule has 3 aromatic carbocycles. The number of rotatable bonds is 6. The highest BCUT2D eigenvalue weighted by Crippen LogP contribution is 2.35. The molecule has 1 fully saturated rings. The van der Waals surface area contributed by atoms with Gasteiger partial charge in [0.25, 0.3) is 11.8 Å². The molecule has 0 radical (unpaired) electrons. The summed E-state index contributed by atoms with van der Waals surface area (Å²) in [6.07, 6.45) is -1.44. The maximum Gasteiger partial charge on any atom is 0.269 e. The Morgan fingerprint density at radius 2 is 1.67 bits per heavy atom. The van der Waals surface area contributed by atoms with Crippen molar-refractivity contribution in [2.24, 2.45) is 10.9 Å². The summed E-state index contributed by atoms with van der Waals surface area (Å²) >= 11 is 0. The molecule has 2 amide bonds. The van der Waals surface area contributed by atoms with E-state index in [0.717, 1.165) is 32.7 Å². The number of amides is 2. The van der Waals surface area contributed by atoms with Gasteiger partial charge in [-0.3, -0.25) is 9.59 Å². The number of piperazine rings is 1. The van der Waals surface area contributed by atoms with Gasteiger partial charge in [0.2, 0.25) is 12.0 Å². The first kappa shape index (κ1) is 29.8. The average molecular weight is 626 g/mol. The third kappa shape index (κ3) is 5.77. The van der Waals surface area contributed by atoms with Gasteiger partial charge < -0.3 is 25.2 Å². The van der Waals surface area contributed by atoms with Gasteiger partial charge in [0.1, 0.15) is 22.9 Å². The lowest BCUT2D eigenvalue weighted by molar-refractivity contribution is -0.117. The molecular weight excluding hydrogens is 592 g/mol. The number of likely N-dealkylation sites (N-methyl/N-ethyl adjacent to an activating group) is 1. The van der Waals surface area contributed by atoms with E-state index in [1.807, 2.05) is 6.07 Å². The standard InChI is InChI=1S/C34H33F2N7O3/c1-41-14-16-42(17-15-41)18-21-19-43-34(46-20-21)27(30(40-43)23-10-5-6-12-25(23)35)32(44)39-31-33(45)38-29-24(11-7-13-26(29)36)28(37-31)22-8-3-2-4-9-22/h2-13,21,31H,14-20H2,1H3,(H,38,45)(H,39,44)/t21?,31-/m1/s1. The van der Waals surface area contributed by atoms with E-state index in [1.165, 1.54) is 18.2 Å². The zero-order valence-corrected chi connectivity index (χ0v) is 25.2. The Morgan fingerprint density at radius 3 is 2.46 bits per heavy atom. The second kappa shape index (κ2) is 12.5. The van der Waals surface area contributed by atoms with E-state index in [-0.39, 0.29) is 34.3 Å². The summed E-state index contributed by atoms with van der Waals surface area (Å²) in [7, 11) is 2.11. The molecule has 236 valence electrons. The molecule has 4 heterocycles. The SMILES string of the molecule is CN1CCN(CC2COc3c(C(=O)N[C@H]4N=C(c5ccccc5)c5cccc(F)c5NC4=O)c(-c4ccccc4F)nn3C2)CC1. The third-order valence-electron chi connectivity index (χ3n) is 8.60. The molecule has 7 rings (SSSR count). The van der Waals surface area contributed by atoms with Crippen molar-refractivity contribution in [1.82, 2.24) is 24.9 Å². The fourth-order valence-electron chi connectivity index (χ4n) is 6.18. The van der Waals surface area contributed by atoms with Crippen molar-refractivity contribution in [3.63, 3.8) is 0 Å². The Morgan fingerprint density at radius 1 is 0.957 bits per heavy atom. The first-order chi connectivity index (χ1) is 22.4. The van der Waals surface area contributed by atoms with Gasteiger partial charge in [-0.25, -0.2) is 18.5 Å². The quantitative estimate of drug-likeness (QED) is 0.339. The predicted octanol–water partition coefficient (Wildman–Crippen LogP) is 3.63. The molecule has 0 saturated carbocycles. The average Bonchev–Trinajstić information content (AvgIpc) is 3.37. The van der Waals surface area contributed by atoms with Crippen LogP contribution < -0.4 is 15.4 Å². The van der Waals surface area contributed by atoms with E-state index in [9.17, 15) is 14.0 Å². The van der Waals surface area contributed by atoms with Crippen LogP contribution in [0, 0.1) is 17.6 Å². The minimum absolute atomic E-state index is 0.000324. The number of halogens is 2. The zero-order valence-electron chi connectivity index (χ0n) is 25.2. The number of benzodiazepines with no additional fused rings is 1. The van der Waals surface area contributed by atoms with E-state index in [0.29, 0.717) is 30.0 Å². The lowest BCUT2D eigenvalue weighted by Gasteiger charge is -2.35. The van der Waals surface area contributed by atoms with Crippen molar-refractivity contribution in [2.75, 3.05) is 51.7 Å². The van der Waals surface area contributed by atoms with Gasteiger partial charge in [0, 0.05) is 55.3 Å². The van der Waals surface area contributed by atoms with E-state index in [2.05, 4.69) is 37.6 Å². The van der Waals surface area contributed by atoms with Crippen LogP contribution in [0.15, 0.2) is 77.8 Å². The van der Waals surface area contributed by atoms with Crippen LogP contribution in [-0.2, 0) is 11.3 Å². The number of fused-ring (bicyclic) bond motifs is 2. The van der Waals surface area contributed by atoms with Gasteiger partial charge in [0.05, 0.1) is 24.6 Å². The molecule has 3 aliphatic heterocycles. The van der Waals surface area contributed by atoms with Gasteiger partial charge in [-0.15, -0.1) is 0 Å². The predicted molar refractivity (Wildman–Crippen MR) is 169 cm³/mol. The molecule has 12 heteroatoms. The smallest absolute Gasteiger partial charge is 0.269 e. The number of nitrogens with zero attached hydrogens (tertiary/aromatic N) is 5. The van der Waals surface area contributed by atoms with E-state index >= 15 is 4.39 Å². The van der Waals surface area contributed by atoms with E-state index in [1.54, 1.807) is 53.2 Å². The lowest BCUT2D eigenvalue weighted by Crippen LogP contribution is -2.47. The van der Waals surface area contributed by atoms with Crippen molar-refractivity contribution >= 4 is 23.2 Å². The largest absolute Gasteiger partial charge is 0.477 e. The van der Waals surface area contributed by atoms with Gasteiger partial charge in [-0.1, -0.05) is 54.6 Å². The maximum absolute atomic E-state index is 15.1. The monoisotopic (exact) mass is 625 g/mol. The number of anilines is 1. The number of hydrogen-bond acceptors (Lipinski definition) is 7. The number of nitrogens with one attached hydrogen (secondary N) is 2. The summed E-state index contributed by atoms with van der Waals surface area (Å²) in [6, 6.07) is 19.5. The number of ether oxygens (including phenoxy) is 1. The Balaban J connectivity index is 1.23. The van der Waals surface area contributed by atoms with Gasteiger partial charge in [0.15, 0.2) is 0 Å². The topological polar surface area (TPSA) is 104 Å². The van der Waals surface area contributed by atoms with Crippen molar-refractivity contribution < 1.29 is 23.1 Å². The lowest BCUT2D eigenvalue weighted by atomic mass is 10.0. The van der Waals surface area contributed by atoms with Crippen molar-refractivity contribution in [2.45, 2.75) is 12.7 Å². The third-order valence-corrected chi connectivity index (χ3v) is 8.60. The highest BCUT2D eigenvalue weighted by molar-refractivity contribution is 6.20. The molecule has 0 aliphatic carbocycles. The second-order valence-corrected chi connectivity index (χ2v) is 11.8. The number of para-hydroxylation sites is 1. The zero-order chi connectivity index (χ0) is 31.8. The summed E-state index contributed by atoms with van der Waals surface area (Å²) in [4.78, 5) is 36.9. The maximum atomic E-state index is 15.1. The molecule has 4 aromatic rings.